The number of phenolic OH excluding ortho intramolecular Hbond substituents is 1. The summed E-state index contributed by atoms with van der Waals surface area (Å²) in [5.74, 6) is 0.299. The Morgan fingerprint density at radius 2 is 2.05 bits per heavy atom. The van der Waals surface area contributed by atoms with Gasteiger partial charge in [0.1, 0.15) is 5.75 Å². The van der Waals surface area contributed by atoms with Crippen LogP contribution in [-0.2, 0) is 12.8 Å². The van der Waals surface area contributed by atoms with Crippen LogP contribution in [0.3, 0.4) is 0 Å². The molecule has 2 nitrogen and oxygen atoms in total. The highest BCUT2D eigenvalue weighted by Crippen LogP contribution is 2.37. The number of nitrogens with zero attached hydrogens (tertiary/aromatic N) is 1. The van der Waals surface area contributed by atoms with Crippen molar-refractivity contribution in [3.63, 3.8) is 0 Å². The number of halogens is 3. The van der Waals surface area contributed by atoms with Crippen LogP contribution in [0, 0.1) is 0 Å². The van der Waals surface area contributed by atoms with E-state index < -0.39 is 0 Å². The van der Waals surface area contributed by atoms with Crippen molar-refractivity contribution >= 4 is 39.9 Å². The van der Waals surface area contributed by atoms with E-state index in [2.05, 4.69) is 33.9 Å². The second kappa shape index (κ2) is 7.22. The Balaban J connectivity index is 0.00000176. The third-order valence-corrected chi connectivity index (χ3v) is 5.21. The first-order valence-electron chi connectivity index (χ1n) is 7.01. The summed E-state index contributed by atoms with van der Waals surface area (Å²) < 4.78 is 0.766. The first kappa shape index (κ1) is 17.6. The lowest BCUT2D eigenvalue weighted by Gasteiger charge is -2.35. The van der Waals surface area contributed by atoms with E-state index in [1.165, 1.54) is 11.1 Å². The maximum Gasteiger partial charge on any atom is 0.130 e. The predicted octanol–water partition coefficient (Wildman–Crippen LogP) is 5.00. The molecule has 118 valence electrons. The topological polar surface area (TPSA) is 23.5 Å². The molecule has 1 atom stereocenters. The van der Waals surface area contributed by atoms with Crippen molar-refractivity contribution in [2.24, 2.45) is 0 Å². The van der Waals surface area contributed by atoms with Gasteiger partial charge in [-0.05, 0) is 70.7 Å². The molecule has 0 aromatic heterocycles. The van der Waals surface area contributed by atoms with Gasteiger partial charge in [-0.15, -0.1) is 12.4 Å². The molecule has 5 heteroatoms. The van der Waals surface area contributed by atoms with Gasteiger partial charge in [0, 0.05) is 17.6 Å². The molecule has 0 bridgehead atoms. The molecule has 0 spiro atoms. The molecule has 0 fully saturated rings. The molecule has 0 amide bonds. The van der Waals surface area contributed by atoms with Crippen LogP contribution in [-0.4, -0.2) is 23.6 Å². The minimum Gasteiger partial charge on any atom is -0.507 e. The Labute approximate surface area is 150 Å². The van der Waals surface area contributed by atoms with E-state index in [1.54, 1.807) is 0 Å². The maximum atomic E-state index is 10.0. The van der Waals surface area contributed by atoms with Gasteiger partial charge in [0.15, 0.2) is 0 Å². The third-order valence-electron chi connectivity index (χ3n) is 4.20. The second-order valence-electron chi connectivity index (χ2n) is 5.54. The Bertz CT molecular complexity index is 678. The highest BCUT2D eigenvalue weighted by molar-refractivity contribution is 9.10. The maximum absolute atomic E-state index is 10.0. The molecule has 0 aliphatic carbocycles. The second-order valence-corrected chi connectivity index (χ2v) is 6.81. The normalized spacial score (nSPS) is 17.7. The van der Waals surface area contributed by atoms with Gasteiger partial charge in [0.25, 0.3) is 0 Å². The van der Waals surface area contributed by atoms with E-state index in [0.717, 1.165) is 34.4 Å². The fraction of sp³-hybridized carbons (Fsp3) is 0.294. The average Bonchev–Trinajstić information content (AvgIpc) is 2.46. The van der Waals surface area contributed by atoms with E-state index in [4.69, 9.17) is 11.6 Å². The van der Waals surface area contributed by atoms with E-state index in [9.17, 15) is 5.11 Å². The fourth-order valence-corrected chi connectivity index (χ4v) is 3.58. The molecular formula is C17H18BrCl2NO. The van der Waals surface area contributed by atoms with Crippen molar-refractivity contribution in [2.45, 2.75) is 18.9 Å². The molecular weight excluding hydrogens is 385 g/mol. The standard InChI is InChI=1S/C17H17BrClNO.ClH/c1-20-7-6-11-8-14(18)17(21)10-13(11)16(20)9-12-4-2-3-5-15(12)19;/h2-5,8,10,16,21H,6-7,9H2,1H3;1H. The van der Waals surface area contributed by atoms with Crippen molar-refractivity contribution in [3.05, 3.63) is 62.6 Å². The molecule has 0 saturated heterocycles. The molecule has 1 aliphatic heterocycles. The number of hydrogen-bond acceptors (Lipinski definition) is 2. The lowest BCUT2D eigenvalue weighted by atomic mass is 9.89. The summed E-state index contributed by atoms with van der Waals surface area (Å²) in [6, 6.07) is 12.1. The number of likely N-dealkylation sites (N-methyl/N-ethyl adjacent to an activating group) is 1. The minimum atomic E-state index is 0. The largest absolute Gasteiger partial charge is 0.507 e. The van der Waals surface area contributed by atoms with E-state index >= 15 is 0 Å². The molecule has 1 aliphatic rings. The molecule has 0 saturated carbocycles. The van der Waals surface area contributed by atoms with Crippen LogP contribution in [0.15, 0.2) is 40.9 Å². The molecule has 22 heavy (non-hydrogen) atoms. The van der Waals surface area contributed by atoms with Crippen molar-refractivity contribution in [1.29, 1.82) is 0 Å². The summed E-state index contributed by atoms with van der Waals surface area (Å²) in [6.45, 7) is 1.01. The molecule has 2 aromatic rings. The average molecular weight is 403 g/mol. The zero-order valence-corrected chi connectivity index (χ0v) is 15.4. The highest BCUT2D eigenvalue weighted by Gasteiger charge is 2.26. The lowest BCUT2D eigenvalue weighted by Crippen LogP contribution is -2.33. The highest BCUT2D eigenvalue weighted by atomic mass is 79.9. The van der Waals surface area contributed by atoms with Crippen LogP contribution in [0.1, 0.15) is 22.7 Å². The molecule has 3 rings (SSSR count). The van der Waals surface area contributed by atoms with Crippen molar-refractivity contribution in [1.82, 2.24) is 4.90 Å². The van der Waals surface area contributed by atoms with Gasteiger partial charge in [-0.1, -0.05) is 29.8 Å². The molecule has 1 heterocycles. The number of rotatable bonds is 2. The number of aromatic hydroxyl groups is 1. The van der Waals surface area contributed by atoms with Gasteiger partial charge in [0.05, 0.1) is 4.47 Å². The van der Waals surface area contributed by atoms with Crippen molar-refractivity contribution in [2.75, 3.05) is 13.6 Å². The zero-order valence-electron chi connectivity index (χ0n) is 12.2. The smallest absolute Gasteiger partial charge is 0.130 e. The summed E-state index contributed by atoms with van der Waals surface area (Å²) in [5.41, 5.74) is 3.64. The first-order valence-corrected chi connectivity index (χ1v) is 8.18. The number of hydrogen-bond donors (Lipinski definition) is 1. The van der Waals surface area contributed by atoms with Gasteiger partial charge in [0.2, 0.25) is 0 Å². The predicted molar refractivity (Wildman–Crippen MR) is 97.3 cm³/mol. The molecule has 1 N–H and O–H groups in total. The van der Waals surface area contributed by atoms with E-state index in [0.29, 0.717) is 5.75 Å². The monoisotopic (exact) mass is 401 g/mol. The molecule has 0 radical (unpaired) electrons. The lowest BCUT2D eigenvalue weighted by molar-refractivity contribution is 0.229. The van der Waals surface area contributed by atoms with Crippen LogP contribution in [0.2, 0.25) is 5.02 Å². The summed E-state index contributed by atoms with van der Waals surface area (Å²) in [7, 11) is 2.13. The Kier molecular flexibility index (Phi) is 5.78. The number of benzene rings is 2. The Morgan fingerprint density at radius 1 is 1.32 bits per heavy atom. The number of fused-ring (bicyclic) bond motifs is 1. The Morgan fingerprint density at radius 3 is 2.77 bits per heavy atom. The van der Waals surface area contributed by atoms with E-state index in [1.807, 2.05) is 30.3 Å². The van der Waals surface area contributed by atoms with Crippen molar-refractivity contribution in [3.8, 4) is 5.75 Å². The van der Waals surface area contributed by atoms with E-state index in [-0.39, 0.29) is 18.4 Å². The van der Waals surface area contributed by atoms with Gasteiger partial charge >= 0.3 is 0 Å². The summed E-state index contributed by atoms with van der Waals surface area (Å²) in [4.78, 5) is 2.33. The summed E-state index contributed by atoms with van der Waals surface area (Å²) in [5, 5.41) is 10.8. The van der Waals surface area contributed by atoms with Gasteiger partial charge in [-0.2, -0.15) is 0 Å². The molecule has 2 aromatic carbocycles. The number of phenols is 1. The molecule has 1 unspecified atom stereocenters. The van der Waals surface area contributed by atoms with Crippen molar-refractivity contribution < 1.29 is 5.11 Å². The zero-order chi connectivity index (χ0) is 15.0. The summed E-state index contributed by atoms with van der Waals surface area (Å²) >= 11 is 9.70. The Hall–Kier alpha value is -0.740. The van der Waals surface area contributed by atoms with Gasteiger partial charge in [-0.25, -0.2) is 0 Å². The van der Waals surface area contributed by atoms with Crippen LogP contribution in [0.25, 0.3) is 0 Å². The quantitative estimate of drug-likeness (QED) is 0.763. The van der Waals surface area contributed by atoms with Crippen LogP contribution >= 0.6 is 39.9 Å². The van der Waals surface area contributed by atoms with Gasteiger partial charge in [-0.3, -0.25) is 4.90 Å². The van der Waals surface area contributed by atoms with Crippen LogP contribution < -0.4 is 0 Å². The van der Waals surface area contributed by atoms with Crippen LogP contribution in [0.4, 0.5) is 0 Å². The fourth-order valence-electron chi connectivity index (χ4n) is 2.97. The van der Waals surface area contributed by atoms with Crippen LogP contribution in [0.5, 0.6) is 5.75 Å². The van der Waals surface area contributed by atoms with Gasteiger partial charge < -0.3 is 5.11 Å². The first-order chi connectivity index (χ1) is 10.1. The summed E-state index contributed by atoms with van der Waals surface area (Å²) in [6.07, 6.45) is 1.86. The SMILES string of the molecule is CN1CCc2cc(Br)c(O)cc2C1Cc1ccccc1Cl.Cl. The third kappa shape index (κ3) is 3.43. The minimum absolute atomic E-state index is 0.